The maximum absolute atomic E-state index is 12.5. The number of anilines is 1. The topological polar surface area (TPSA) is 59.4 Å². The summed E-state index contributed by atoms with van der Waals surface area (Å²) in [6, 6.07) is 9.79. The molecule has 1 saturated heterocycles. The van der Waals surface area contributed by atoms with Crippen LogP contribution in [-0.4, -0.2) is 47.0 Å². The summed E-state index contributed by atoms with van der Waals surface area (Å²) in [6.45, 7) is 1.43. The second kappa shape index (κ2) is 6.83. The van der Waals surface area contributed by atoms with E-state index in [2.05, 4.69) is 10.4 Å². The van der Waals surface area contributed by atoms with E-state index in [1.54, 1.807) is 11.8 Å². The summed E-state index contributed by atoms with van der Waals surface area (Å²) in [5, 5.41) is 7.46. The van der Waals surface area contributed by atoms with Crippen molar-refractivity contribution in [2.24, 2.45) is 7.05 Å². The fourth-order valence-electron chi connectivity index (χ4n) is 2.88. The van der Waals surface area contributed by atoms with Crippen LogP contribution in [-0.2, 0) is 11.8 Å². The number of aromatic nitrogens is 2. The van der Waals surface area contributed by atoms with E-state index in [0.29, 0.717) is 13.1 Å². The first-order valence-electron chi connectivity index (χ1n) is 7.85. The third-order valence-electron chi connectivity index (χ3n) is 4.18. The van der Waals surface area contributed by atoms with Gasteiger partial charge in [-0.3, -0.25) is 4.68 Å². The van der Waals surface area contributed by atoms with Crippen molar-refractivity contribution >= 4 is 11.7 Å². The number of rotatable bonds is 3. The molecule has 0 atom stereocenters. The number of ether oxygens (including phenoxy) is 1. The molecule has 23 heavy (non-hydrogen) atoms. The number of likely N-dealkylation sites (tertiary alicyclic amines) is 1. The van der Waals surface area contributed by atoms with Crippen molar-refractivity contribution in [3.05, 3.63) is 36.5 Å². The van der Waals surface area contributed by atoms with E-state index in [4.69, 9.17) is 4.74 Å². The van der Waals surface area contributed by atoms with Crippen molar-refractivity contribution in [3.63, 3.8) is 0 Å². The first kappa shape index (κ1) is 15.6. The van der Waals surface area contributed by atoms with Crippen molar-refractivity contribution < 1.29 is 9.53 Å². The predicted molar refractivity (Wildman–Crippen MR) is 89.3 cm³/mol. The molecule has 2 heterocycles. The Hall–Kier alpha value is -2.34. The smallest absolute Gasteiger partial charge is 0.321 e. The number of aryl methyl sites for hydroxylation is 1. The summed E-state index contributed by atoms with van der Waals surface area (Å²) in [7, 11) is 3.58. The zero-order valence-electron chi connectivity index (χ0n) is 13.5. The van der Waals surface area contributed by atoms with Gasteiger partial charge in [-0.15, -0.1) is 0 Å². The van der Waals surface area contributed by atoms with Crippen LogP contribution >= 0.6 is 0 Å². The molecule has 1 fully saturated rings. The molecule has 0 bridgehead atoms. The molecule has 1 aliphatic rings. The van der Waals surface area contributed by atoms with Crippen LogP contribution in [0.4, 0.5) is 10.5 Å². The maximum atomic E-state index is 12.5. The van der Waals surface area contributed by atoms with Crippen molar-refractivity contribution in [2.75, 3.05) is 25.5 Å². The van der Waals surface area contributed by atoms with Crippen molar-refractivity contribution in [1.29, 1.82) is 0 Å². The van der Waals surface area contributed by atoms with E-state index in [1.807, 2.05) is 48.5 Å². The van der Waals surface area contributed by atoms with Gasteiger partial charge in [-0.25, -0.2) is 4.79 Å². The molecule has 1 aromatic carbocycles. The molecule has 1 N–H and O–H groups in total. The fourth-order valence-corrected chi connectivity index (χ4v) is 2.88. The van der Waals surface area contributed by atoms with Crippen LogP contribution in [0.25, 0.3) is 11.3 Å². The van der Waals surface area contributed by atoms with Crippen molar-refractivity contribution in [1.82, 2.24) is 14.7 Å². The van der Waals surface area contributed by atoms with E-state index in [1.165, 1.54) is 0 Å². The van der Waals surface area contributed by atoms with Gasteiger partial charge in [-0.05, 0) is 12.8 Å². The lowest BCUT2D eigenvalue weighted by atomic mass is 10.1. The predicted octanol–water partition coefficient (Wildman–Crippen LogP) is 2.73. The molecule has 122 valence electrons. The third kappa shape index (κ3) is 3.53. The minimum absolute atomic E-state index is 0.0789. The van der Waals surface area contributed by atoms with Gasteiger partial charge in [-0.1, -0.05) is 30.3 Å². The molecule has 1 aromatic heterocycles. The number of hydrogen-bond acceptors (Lipinski definition) is 3. The summed E-state index contributed by atoms with van der Waals surface area (Å²) in [5.41, 5.74) is 2.51. The van der Waals surface area contributed by atoms with E-state index >= 15 is 0 Å². The average molecular weight is 314 g/mol. The Morgan fingerprint density at radius 3 is 2.61 bits per heavy atom. The normalized spacial score (nSPS) is 15.7. The van der Waals surface area contributed by atoms with E-state index in [9.17, 15) is 4.79 Å². The summed E-state index contributed by atoms with van der Waals surface area (Å²) < 4.78 is 7.06. The molecule has 6 nitrogen and oxygen atoms in total. The molecule has 0 spiro atoms. The molecule has 2 aromatic rings. The lowest BCUT2D eigenvalue weighted by Crippen LogP contribution is -2.42. The van der Waals surface area contributed by atoms with Gasteiger partial charge in [-0.2, -0.15) is 5.10 Å². The molecule has 0 radical (unpaired) electrons. The monoisotopic (exact) mass is 314 g/mol. The van der Waals surface area contributed by atoms with Crippen LogP contribution in [0.3, 0.4) is 0 Å². The molecule has 3 rings (SSSR count). The lowest BCUT2D eigenvalue weighted by Gasteiger charge is -2.31. The maximum Gasteiger partial charge on any atom is 0.321 e. The van der Waals surface area contributed by atoms with Crippen LogP contribution in [0.5, 0.6) is 0 Å². The number of carbonyl (C=O) groups excluding carboxylic acids is 1. The fraction of sp³-hybridized carbons (Fsp3) is 0.412. The minimum Gasteiger partial charge on any atom is -0.381 e. The van der Waals surface area contributed by atoms with E-state index in [-0.39, 0.29) is 12.1 Å². The summed E-state index contributed by atoms with van der Waals surface area (Å²) in [6.07, 6.45) is 3.85. The number of methoxy groups -OCH3 is 1. The highest BCUT2D eigenvalue weighted by atomic mass is 16.5. The van der Waals surface area contributed by atoms with Crippen molar-refractivity contribution in [3.8, 4) is 11.3 Å². The second-order valence-corrected chi connectivity index (χ2v) is 5.78. The van der Waals surface area contributed by atoms with Crippen LogP contribution in [0, 0.1) is 0 Å². The highest BCUT2D eigenvalue weighted by Gasteiger charge is 2.23. The van der Waals surface area contributed by atoms with Crippen molar-refractivity contribution in [2.45, 2.75) is 18.9 Å². The number of piperidine rings is 1. The largest absolute Gasteiger partial charge is 0.381 e. The Morgan fingerprint density at radius 1 is 1.26 bits per heavy atom. The molecule has 1 aliphatic heterocycles. The summed E-state index contributed by atoms with van der Waals surface area (Å²) in [5.74, 6) is 0. The lowest BCUT2D eigenvalue weighted by molar-refractivity contribution is 0.0521. The van der Waals surface area contributed by atoms with Gasteiger partial charge in [0, 0.05) is 39.0 Å². The molecule has 2 amide bonds. The number of amides is 2. The van der Waals surface area contributed by atoms with Gasteiger partial charge in [0.2, 0.25) is 0 Å². The number of nitrogens with one attached hydrogen (secondary N) is 1. The van der Waals surface area contributed by atoms with Gasteiger partial charge in [0.05, 0.1) is 11.8 Å². The number of nitrogens with zero attached hydrogens (tertiary/aromatic N) is 3. The van der Waals surface area contributed by atoms with E-state index < -0.39 is 0 Å². The molecule has 0 aliphatic carbocycles. The molecule has 0 unspecified atom stereocenters. The second-order valence-electron chi connectivity index (χ2n) is 5.78. The van der Waals surface area contributed by atoms with Gasteiger partial charge >= 0.3 is 6.03 Å². The summed E-state index contributed by atoms with van der Waals surface area (Å²) >= 11 is 0. The molecule has 0 saturated carbocycles. The molecular formula is C17H22N4O2. The standard InChI is InChI=1S/C17H22N4O2/c1-20-12-15(16(19-20)13-6-4-3-5-7-13)18-17(22)21-10-8-14(23-2)9-11-21/h3-7,12,14H,8-11H2,1-2H3,(H,18,22). The quantitative estimate of drug-likeness (QED) is 0.947. The minimum atomic E-state index is -0.0789. The molecule has 6 heteroatoms. The zero-order valence-corrected chi connectivity index (χ0v) is 13.5. The highest BCUT2D eigenvalue weighted by molar-refractivity contribution is 5.93. The van der Waals surface area contributed by atoms with Gasteiger partial charge in [0.15, 0.2) is 0 Å². The number of urea groups is 1. The first-order valence-corrected chi connectivity index (χ1v) is 7.85. The number of hydrogen-bond donors (Lipinski definition) is 1. The Kier molecular flexibility index (Phi) is 4.62. The van der Waals surface area contributed by atoms with E-state index in [0.717, 1.165) is 29.8 Å². The zero-order chi connectivity index (χ0) is 16.2. The number of carbonyl (C=O) groups is 1. The first-order chi connectivity index (χ1) is 11.2. The van der Waals surface area contributed by atoms with Gasteiger partial charge < -0.3 is 15.0 Å². The summed E-state index contributed by atoms with van der Waals surface area (Å²) in [4.78, 5) is 14.3. The Morgan fingerprint density at radius 2 is 1.96 bits per heavy atom. The third-order valence-corrected chi connectivity index (χ3v) is 4.18. The SMILES string of the molecule is COC1CCN(C(=O)Nc2cn(C)nc2-c2ccccc2)CC1. The number of benzene rings is 1. The highest BCUT2D eigenvalue weighted by Crippen LogP contribution is 2.26. The van der Waals surface area contributed by atoms with Crippen LogP contribution in [0.2, 0.25) is 0 Å². The van der Waals surface area contributed by atoms with Gasteiger partial charge in [0.25, 0.3) is 0 Å². The van der Waals surface area contributed by atoms with Crippen LogP contribution < -0.4 is 5.32 Å². The Bertz CT molecular complexity index is 660. The Labute approximate surface area is 136 Å². The van der Waals surface area contributed by atoms with Gasteiger partial charge in [0.1, 0.15) is 5.69 Å². The average Bonchev–Trinajstić information content (AvgIpc) is 2.96. The Balaban J connectivity index is 1.72. The molecular weight excluding hydrogens is 292 g/mol. The van der Waals surface area contributed by atoms with Crippen LogP contribution in [0.15, 0.2) is 36.5 Å². The van der Waals surface area contributed by atoms with Crippen LogP contribution in [0.1, 0.15) is 12.8 Å².